The largest absolute Gasteiger partial charge is 0.493 e. The molecule has 2 aromatic carbocycles. The SMILES string of the molecule is COc1cc(C(=O)Nc2cc(C)nn2-c2nc3cc(C)c(C)cc3s2)cc(OC)c1OC. The van der Waals surface area contributed by atoms with Crippen molar-refractivity contribution in [2.45, 2.75) is 20.8 Å². The number of ether oxygens (including phenoxy) is 3. The van der Waals surface area contributed by atoms with Gasteiger partial charge in [-0.2, -0.15) is 9.78 Å². The summed E-state index contributed by atoms with van der Waals surface area (Å²) in [5.41, 5.74) is 4.42. The lowest BCUT2D eigenvalue weighted by atomic mass is 10.1. The minimum atomic E-state index is -0.335. The molecule has 2 heterocycles. The Balaban J connectivity index is 1.70. The summed E-state index contributed by atoms with van der Waals surface area (Å²) in [5.74, 6) is 1.41. The normalized spacial score (nSPS) is 10.9. The summed E-state index contributed by atoms with van der Waals surface area (Å²) < 4.78 is 18.8. The van der Waals surface area contributed by atoms with E-state index in [4.69, 9.17) is 19.2 Å². The van der Waals surface area contributed by atoms with Crippen molar-refractivity contribution >= 4 is 33.3 Å². The molecule has 8 nitrogen and oxygen atoms in total. The zero-order valence-corrected chi connectivity index (χ0v) is 19.6. The van der Waals surface area contributed by atoms with Gasteiger partial charge in [0.25, 0.3) is 5.91 Å². The van der Waals surface area contributed by atoms with Gasteiger partial charge >= 0.3 is 0 Å². The molecule has 0 saturated heterocycles. The first-order valence-electron chi connectivity index (χ1n) is 9.90. The molecule has 0 aliphatic carbocycles. The van der Waals surface area contributed by atoms with Gasteiger partial charge in [-0.25, -0.2) is 4.98 Å². The van der Waals surface area contributed by atoms with Crippen LogP contribution >= 0.6 is 11.3 Å². The summed E-state index contributed by atoms with van der Waals surface area (Å²) in [4.78, 5) is 17.8. The average molecular weight is 453 g/mol. The van der Waals surface area contributed by atoms with Crippen molar-refractivity contribution in [3.05, 3.63) is 52.7 Å². The molecule has 0 saturated carbocycles. The summed E-state index contributed by atoms with van der Waals surface area (Å²) in [6.45, 7) is 6.01. The summed E-state index contributed by atoms with van der Waals surface area (Å²) in [7, 11) is 4.53. The second-order valence-electron chi connectivity index (χ2n) is 7.35. The first-order chi connectivity index (χ1) is 15.3. The molecule has 0 spiro atoms. The van der Waals surface area contributed by atoms with Gasteiger partial charge in [0.05, 0.1) is 37.2 Å². The molecule has 9 heteroatoms. The lowest BCUT2D eigenvalue weighted by Gasteiger charge is -2.14. The number of aromatic nitrogens is 3. The van der Waals surface area contributed by atoms with Crippen molar-refractivity contribution in [2.24, 2.45) is 0 Å². The fraction of sp³-hybridized carbons (Fsp3) is 0.261. The first-order valence-corrected chi connectivity index (χ1v) is 10.7. The van der Waals surface area contributed by atoms with Gasteiger partial charge in [0.2, 0.25) is 10.9 Å². The van der Waals surface area contributed by atoms with E-state index < -0.39 is 0 Å². The smallest absolute Gasteiger partial charge is 0.257 e. The number of aryl methyl sites for hydroxylation is 3. The highest BCUT2D eigenvalue weighted by atomic mass is 32.1. The van der Waals surface area contributed by atoms with Gasteiger partial charge in [-0.05, 0) is 56.2 Å². The fourth-order valence-electron chi connectivity index (χ4n) is 3.39. The molecule has 4 aromatic rings. The maximum Gasteiger partial charge on any atom is 0.257 e. The molecular formula is C23H24N4O4S. The number of methoxy groups -OCH3 is 3. The highest BCUT2D eigenvalue weighted by Gasteiger charge is 2.20. The standard InChI is InChI=1S/C23H24N4O4S/c1-12-7-16-19(8-13(12)2)32-23(24-16)27-20(9-14(3)26-27)25-22(28)15-10-17(29-4)21(31-6)18(11-15)30-5/h7-11H,1-6H3,(H,25,28). The number of amides is 1. The number of nitrogens with zero attached hydrogens (tertiary/aromatic N) is 3. The van der Waals surface area contributed by atoms with Crippen LogP contribution in [0.25, 0.3) is 15.3 Å². The number of thiazole rings is 1. The Morgan fingerprint density at radius 3 is 2.22 bits per heavy atom. The van der Waals surface area contributed by atoms with Gasteiger partial charge < -0.3 is 19.5 Å². The molecule has 0 atom stereocenters. The van der Waals surface area contributed by atoms with Crippen molar-refractivity contribution in [3.63, 3.8) is 0 Å². The molecule has 1 amide bonds. The molecule has 1 N–H and O–H groups in total. The topological polar surface area (TPSA) is 87.5 Å². The van der Waals surface area contributed by atoms with Gasteiger partial charge in [-0.1, -0.05) is 11.3 Å². The predicted molar refractivity (Wildman–Crippen MR) is 125 cm³/mol. The van der Waals surface area contributed by atoms with E-state index in [1.807, 2.05) is 6.92 Å². The van der Waals surface area contributed by atoms with Crippen LogP contribution in [0.5, 0.6) is 17.2 Å². The van der Waals surface area contributed by atoms with Crippen LogP contribution < -0.4 is 19.5 Å². The van der Waals surface area contributed by atoms with Crippen LogP contribution in [0.3, 0.4) is 0 Å². The van der Waals surface area contributed by atoms with Crippen molar-refractivity contribution < 1.29 is 19.0 Å². The number of hydrogen-bond donors (Lipinski definition) is 1. The van der Waals surface area contributed by atoms with E-state index in [0.29, 0.717) is 33.8 Å². The van der Waals surface area contributed by atoms with Crippen molar-refractivity contribution in [1.82, 2.24) is 14.8 Å². The maximum absolute atomic E-state index is 13.1. The Hall–Kier alpha value is -3.59. The van der Waals surface area contributed by atoms with Crippen molar-refractivity contribution in [1.29, 1.82) is 0 Å². The van der Waals surface area contributed by atoms with E-state index in [0.717, 1.165) is 15.9 Å². The minimum Gasteiger partial charge on any atom is -0.493 e. The molecule has 0 aliphatic heterocycles. The molecule has 2 aromatic heterocycles. The van der Waals surface area contributed by atoms with Crippen LogP contribution in [-0.4, -0.2) is 42.0 Å². The highest BCUT2D eigenvalue weighted by molar-refractivity contribution is 7.20. The van der Waals surface area contributed by atoms with Crippen LogP contribution in [-0.2, 0) is 0 Å². The minimum absolute atomic E-state index is 0.335. The van der Waals surface area contributed by atoms with E-state index in [2.05, 4.69) is 36.4 Å². The Kier molecular flexibility index (Phi) is 5.75. The zero-order valence-electron chi connectivity index (χ0n) is 18.8. The average Bonchev–Trinajstić information content (AvgIpc) is 3.35. The number of carbonyl (C=O) groups is 1. The molecule has 0 fully saturated rings. The highest BCUT2D eigenvalue weighted by Crippen LogP contribution is 2.38. The van der Waals surface area contributed by atoms with E-state index in [-0.39, 0.29) is 5.91 Å². The molecular weight excluding hydrogens is 428 g/mol. The van der Waals surface area contributed by atoms with Crippen LogP contribution in [0.1, 0.15) is 27.2 Å². The number of benzene rings is 2. The van der Waals surface area contributed by atoms with Crippen molar-refractivity contribution in [2.75, 3.05) is 26.6 Å². The van der Waals surface area contributed by atoms with Crippen LogP contribution in [0, 0.1) is 20.8 Å². The van der Waals surface area contributed by atoms with Crippen LogP contribution in [0.4, 0.5) is 5.82 Å². The Labute approximate surface area is 189 Å². The third kappa shape index (κ3) is 3.87. The lowest BCUT2D eigenvalue weighted by Crippen LogP contribution is -2.15. The van der Waals surface area contributed by atoms with Gasteiger partial charge in [0, 0.05) is 11.6 Å². The van der Waals surface area contributed by atoms with Gasteiger partial charge in [0.1, 0.15) is 5.82 Å². The zero-order chi connectivity index (χ0) is 23.0. The summed E-state index contributed by atoms with van der Waals surface area (Å²) >= 11 is 1.52. The monoisotopic (exact) mass is 452 g/mol. The van der Waals surface area contributed by atoms with E-state index in [1.165, 1.54) is 43.8 Å². The second-order valence-corrected chi connectivity index (χ2v) is 8.36. The van der Waals surface area contributed by atoms with E-state index >= 15 is 0 Å². The van der Waals surface area contributed by atoms with Gasteiger partial charge in [0.15, 0.2) is 11.5 Å². The van der Waals surface area contributed by atoms with E-state index in [1.54, 1.807) is 22.9 Å². The fourth-order valence-corrected chi connectivity index (χ4v) is 4.40. The quantitative estimate of drug-likeness (QED) is 0.457. The van der Waals surface area contributed by atoms with Crippen LogP contribution in [0.15, 0.2) is 30.3 Å². The summed E-state index contributed by atoms with van der Waals surface area (Å²) in [5, 5.41) is 8.15. The van der Waals surface area contributed by atoms with Gasteiger partial charge in [-0.15, -0.1) is 0 Å². The molecule has 0 aliphatic rings. The number of fused-ring (bicyclic) bond motifs is 1. The first kappa shape index (κ1) is 21.6. The van der Waals surface area contributed by atoms with E-state index in [9.17, 15) is 4.79 Å². The third-order valence-electron chi connectivity index (χ3n) is 5.17. The Morgan fingerprint density at radius 1 is 0.938 bits per heavy atom. The Morgan fingerprint density at radius 2 is 1.59 bits per heavy atom. The lowest BCUT2D eigenvalue weighted by molar-refractivity contribution is 0.102. The number of hydrogen-bond acceptors (Lipinski definition) is 7. The molecule has 0 unspecified atom stereocenters. The van der Waals surface area contributed by atoms with Crippen LogP contribution in [0.2, 0.25) is 0 Å². The number of carbonyl (C=O) groups excluding carboxylic acids is 1. The molecule has 0 bridgehead atoms. The summed E-state index contributed by atoms with van der Waals surface area (Å²) in [6, 6.07) is 9.20. The Bertz CT molecular complexity index is 1260. The number of nitrogens with one attached hydrogen (secondary N) is 1. The number of anilines is 1. The second kappa shape index (κ2) is 8.51. The molecule has 32 heavy (non-hydrogen) atoms. The maximum atomic E-state index is 13.1. The summed E-state index contributed by atoms with van der Waals surface area (Å²) in [6.07, 6.45) is 0. The predicted octanol–water partition coefficient (Wildman–Crippen LogP) is 4.69. The van der Waals surface area contributed by atoms with Crippen molar-refractivity contribution in [3.8, 4) is 22.4 Å². The molecule has 166 valence electrons. The number of rotatable bonds is 6. The third-order valence-corrected chi connectivity index (χ3v) is 6.17. The van der Waals surface area contributed by atoms with Gasteiger partial charge in [-0.3, -0.25) is 4.79 Å². The molecule has 0 radical (unpaired) electrons. The molecule has 4 rings (SSSR count).